The van der Waals surface area contributed by atoms with Gasteiger partial charge in [0.1, 0.15) is 23.8 Å². The first-order chi connectivity index (χ1) is 22.8. The zero-order chi connectivity index (χ0) is 33.8. The van der Waals surface area contributed by atoms with Crippen LogP contribution in [0.3, 0.4) is 0 Å². The van der Waals surface area contributed by atoms with Crippen molar-refractivity contribution in [1.82, 2.24) is 0 Å². The van der Waals surface area contributed by atoms with E-state index in [9.17, 15) is 14.4 Å². The Morgan fingerprint density at radius 2 is 0.979 bits per heavy atom. The molecule has 5 nitrogen and oxygen atoms in total. The Balaban J connectivity index is 0.880. The summed E-state index contributed by atoms with van der Waals surface area (Å²) in [6, 6.07) is 0. The maximum atomic E-state index is 13.3. The number of carbonyl (C=O) groups excluding carboxylic acids is 3. The van der Waals surface area contributed by atoms with Gasteiger partial charge in [-0.05, 0) is 161 Å². The van der Waals surface area contributed by atoms with Crippen molar-refractivity contribution in [3.63, 3.8) is 0 Å². The lowest BCUT2D eigenvalue weighted by Gasteiger charge is -2.58. The number of hydrogen-bond acceptors (Lipinski definition) is 5. The zero-order valence-corrected chi connectivity index (χ0v) is 30.8. The summed E-state index contributed by atoms with van der Waals surface area (Å²) in [5.74, 6) is 5.33. The molecular formula is C43H62O5. The first kappa shape index (κ1) is 33.2. The molecule has 0 N–H and O–H groups in total. The summed E-state index contributed by atoms with van der Waals surface area (Å²) in [4.78, 5) is 38.3. The van der Waals surface area contributed by atoms with Crippen LogP contribution in [-0.4, -0.2) is 29.9 Å². The van der Waals surface area contributed by atoms with Crippen LogP contribution >= 0.6 is 0 Å². The molecule has 6 saturated carbocycles. The second kappa shape index (κ2) is 11.6. The van der Waals surface area contributed by atoms with Crippen molar-refractivity contribution in [3.8, 4) is 0 Å². The monoisotopic (exact) mass is 658 g/mol. The fraction of sp³-hybridized carbons (Fsp3) is 0.837. The fourth-order valence-corrected chi connectivity index (χ4v) is 15.1. The van der Waals surface area contributed by atoms with Crippen molar-refractivity contribution in [2.24, 2.45) is 69.0 Å². The first-order valence-corrected chi connectivity index (χ1v) is 20.0. The topological polar surface area (TPSA) is 69.7 Å². The van der Waals surface area contributed by atoms with Gasteiger partial charge < -0.3 is 9.47 Å². The molecule has 48 heavy (non-hydrogen) atoms. The zero-order valence-electron chi connectivity index (χ0n) is 30.8. The molecular weight excluding hydrogens is 596 g/mol. The fourth-order valence-electron chi connectivity index (χ4n) is 15.1. The lowest BCUT2D eigenvalue weighted by molar-refractivity contribution is -0.128. The molecule has 0 aromatic carbocycles. The molecule has 8 rings (SSSR count). The summed E-state index contributed by atoms with van der Waals surface area (Å²) in [6.07, 6.45) is 21.6. The van der Waals surface area contributed by atoms with Crippen LogP contribution in [0.25, 0.3) is 0 Å². The normalized spacial score (nSPS) is 50.6. The number of carbonyl (C=O) groups is 3. The van der Waals surface area contributed by atoms with Gasteiger partial charge in [0.2, 0.25) is 0 Å². The quantitative estimate of drug-likeness (QED) is 0.222. The summed E-state index contributed by atoms with van der Waals surface area (Å²) >= 11 is 0. The van der Waals surface area contributed by atoms with Gasteiger partial charge in [-0.2, -0.15) is 0 Å². The van der Waals surface area contributed by atoms with Crippen LogP contribution in [0.4, 0.5) is 4.79 Å². The van der Waals surface area contributed by atoms with E-state index in [0.29, 0.717) is 47.1 Å². The minimum Gasteiger partial charge on any atom is -0.431 e. The first-order valence-electron chi connectivity index (χ1n) is 20.0. The number of ether oxygens (including phenoxy) is 2. The number of ketones is 2. The van der Waals surface area contributed by atoms with Gasteiger partial charge >= 0.3 is 6.16 Å². The summed E-state index contributed by atoms with van der Waals surface area (Å²) < 4.78 is 12.2. The number of fused-ring (bicyclic) bond motifs is 10. The third kappa shape index (κ3) is 4.84. The molecule has 0 heterocycles. The summed E-state index contributed by atoms with van der Waals surface area (Å²) in [6.45, 7) is 13.5. The van der Waals surface area contributed by atoms with Crippen molar-refractivity contribution >= 4 is 17.7 Å². The van der Waals surface area contributed by atoms with Gasteiger partial charge in [0, 0.05) is 24.7 Å². The van der Waals surface area contributed by atoms with Crippen molar-refractivity contribution in [1.29, 1.82) is 0 Å². The van der Waals surface area contributed by atoms with E-state index in [2.05, 4.69) is 39.8 Å². The van der Waals surface area contributed by atoms with Crippen molar-refractivity contribution in [2.45, 2.75) is 156 Å². The number of rotatable bonds is 4. The van der Waals surface area contributed by atoms with Gasteiger partial charge in [-0.1, -0.05) is 51.0 Å². The van der Waals surface area contributed by atoms with Crippen LogP contribution in [0.15, 0.2) is 23.3 Å². The Labute approximate surface area is 289 Å². The van der Waals surface area contributed by atoms with Gasteiger partial charge in [0.05, 0.1) is 0 Å². The molecule has 0 aliphatic heterocycles. The Morgan fingerprint density at radius 1 is 0.562 bits per heavy atom. The van der Waals surface area contributed by atoms with E-state index in [-0.39, 0.29) is 45.7 Å². The standard InChI is InChI=1S/C43H62O5/c1-25(44)33-11-13-35-31-9-7-27-23-29(15-19-40(27,3)37(31)17-21-42(33,35)5)47-39(46)48-30-16-20-41(4)28(24-30)8-10-32-36-14-12-34(26(2)45)43(36,6)22-18-38(32)41/h7-8,29-38H,9-24H2,1-6H3. The molecule has 0 bridgehead atoms. The highest BCUT2D eigenvalue weighted by molar-refractivity contribution is 5.80. The lowest BCUT2D eigenvalue weighted by atomic mass is 9.47. The molecule has 14 atom stereocenters. The molecule has 0 aromatic heterocycles. The summed E-state index contributed by atoms with van der Waals surface area (Å²) in [7, 11) is 0. The molecule has 0 amide bonds. The van der Waals surface area contributed by atoms with E-state index in [4.69, 9.17) is 9.47 Å². The summed E-state index contributed by atoms with van der Waals surface area (Å²) in [5, 5.41) is 0. The molecule has 264 valence electrons. The van der Waals surface area contributed by atoms with Crippen molar-refractivity contribution < 1.29 is 23.9 Å². The van der Waals surface area contributed by atoms with E-state index in [1.807, 2.05) is 13.8 Å². The van der Waals surface area contributed by atoms with Crippen molar-refractivity contribution in [2.75, 3.05) is 0 Å². The predicted octanol–water partition coefficient (Wildman–Crippen LogP) is 10.2. The molecule has 6 fully saturated rings. The van der Waals surface area contributed by atoms with Gasteiger partial charge in [-0.3, -0.25) is 9.59 Å². The van der Waals surface area contributed by atoms with Crippen LogP contribution in [0.5, 0.6) is 0 Å². The number of hydrogen-bond donors (Lipinski definition) is 0. The van der Waals surface area contributed by atoms with E-state index >= 15 is 0 Å². The van der Waals surface area contributed by atoms with Gasteiger partial charge in [-0.15, -0.1) is 0 Å². The molecule has 0 radical (unpaired) electrons. The van der Waals surface area contributed by atoms with E-state index in [1.165, 1.54) is 49.7 Å². The lowest BCUT2D eigenvalue weighted by Crippen LogP contribution is -2.51. The highest BCUT2D eigenvalue weighted by atomic mass is 16.7. The van der Waals surface area contributed by atoms with Crippen molar-refractivity contribution in [3.05, 3.63) is 23.3 Å². The van der Waals surface area contributed by atoms with Crippen LogP contribution in [-0.2, 0) is 19.1 Å². The molecule has 0 spiro atoms. The SMILES string of the molecule is CC(=O)C1CCC2C3CC=C4CC(OC(=O)OC5CCC6(C)C(=CCC7C6CCC6(C)C(C(C)=O)CCC76)C5)CCC4(C)C3CCC12C. The Morgan fingerprint density at radius 3 is 1.38 bits per heavy atom. The average molecular weight is 659 g/mol. The van der Waals surface area contributed by atoms with E-state index < -0.39 is 6.16 Å². The van der Waals surface area contributed by atoms with E-state index in [0.717, 1.165) is 64.2 Å². The third-order valence-corrected chi connectivity index (χ3v) is 17.6. The second-order valence-corrected chi connectivity index (χ2v) is 19.3. The Bertz CT molecular complexity index is 1320. The summed E-state index contributed by atoms with van der Waals surface area (Å²) in [5.41, 5.74) is 3.74. The van der Waals surface area contributed by atoms with Gasteiger partial charge in [0.25, 0.3) is 0 Å². The number of allylic oxidation sites excluding steroid dienone is 2. The van der Waals surface area contributed by atoms with Gasteiger partial charge in [-0.25, -0.2) is 4.79 Å². The molecule has 8 aliphatic carbocycles. The Kier molecular flexibility index (Phi) is 8.00. The van der Waals surface area contributed by atoms with Crippen LogP contribution in [0, 0.1) is 69.0 Å². The highest BCUT2D eigenvalue weighted by Crippen LogP contribution is 2.68. The third-order valence-electron chi connectivity index (χ3n) is 17.6. The van der Waals surface area contributed by atoms with Crippen LogP contribution in [0.1, 0.15) is 144 Å². The van der Waals surface area contributed by atoms with E-state index in [1.54, 1.807) is 0 Å². The van der Waals surface area contributed by atoms with Crippen LogP contribution in [0.2, 0.25) is 0 Å². The maximum Gasteiger partial charge on any atom is 0.508 e. The smallest absolute Gasteiger partial charge is 0.431 e. The molecule has 5 heteroatoms. The Hall–Kier alpha value is -1.91. The largest absolute Gasteiger partial charge is 0.508 e. The molecule has 8 aliphatic rings. The maximum absolute atomic E-state index is 13.3. The minimum atomic E-state index is -0.467. The molecule has 0 aromatic rings. The van der Waals surface area contributed by atoms with Gasteiger partial charge in [0.15, 0.2) is 0 Å². The second-order valence-electron chi connectivity index (χ2n) is 19.3. The molecule has 0 saturated heterocycles. The van der Waals surface area contributed by atoms with Crippen LogP contribution < -0.4 is 0 Å². The average Bonchev–Trinajstić information content (AvgIpc) is 3.58. The predicted molar refractivity (Wildman–Crippen MR) is 187 cm³/mol. The minimum absolute atomic E-state index is 0.0962. The highest BCUT2D eigenvalue weighted by Gasteiger charge is 2.61. The molecule has 14 unspecified atom stereocenters. The number of Topliss-reactive ketones (excluding diaryl/α,β-unsaturated/α-hetero) is 2.